The van der Waals surface area contributed by atoms with Gasteiger partial charge in [0, 0.05) is 12.6 Å². The molecule has 0 fully saturated rings. The van der Waals surface area contributed by atoms with Crippen LogP contribution in [0.2, 0.25) is 0 Å². The molecule has 96 valence electrons. The monoisotopic (exact) mass is 267 g/mol. The lowest BCUT2D eigenvalue weighted by Crippen LogP contribution is -2.33. The van der Waals surface area contributed by atoms with E-state index in [2.05, 4.69) is 20.8 Å². The second-order valence-electron chi connectivity index (χ2n) is 3.78. The Bertz CT molecular complexity index is 510. The number of rotatable bonds is 5. The van der Waals surface area contributed by atoms with Gasteiger partial charge in [0.25, 0.3) is 5.91 Å². The molecule has 0 radical (unpaired) electrons. The smallest absolute Gasteiger partial charge is 0.263 e. The van der Waals surface area contributed by atoms with Crippen LogP contribution in [-0.2, 0) is 0 Å². The first-order chi connectivity index (χ1) is 8.72. The number of aliphatic hydroxyl groups excluding tert-OH is 1. The van der Waals surface area contributed by atoms with Crippen molar-refractivity contribution in [1.29, 1.82) is 0 Å². The van der Waals surface area contributed by atoms with Crippen molar-refractivity contribution in [1.82, 2.24) is 25.5 Å². The number of aromatic nitrogens is 4. The fourth-order valence-corrected chi connectivity index (χ4v) is 2.26. The topological polar surface area (TPSA) is 92.9 Å². The highest BCUT2D eigenvalue weighted by atomic mass is 32.1. The van der Waals surface area contributed by atoms with Gasteiger partial charge in [-0.2, -0.15) is 4.68 Å². The summed E-state index contributed by atoms with van der Waals surface area (Å²) in [4.78, 5) is 12.6. The maximum Gasteiger partial charge on any atom is 0.263 e. The van der Waals surface area contributed by atoms with Crippen molar-refractivity contribution in [2.45, 2.75) is 19.4 Å². The Labute approximate surface area is 107 Å². The molecule has 0 spiro atoms. The molecule has 1 amide bonds. The zero-order valence-corrected chi connectivity index (χ0v) is 10.6. The van der Waals surface area contributed by atoms with Crippen molar-refractivity contribution in [3.63, 3.8) is 0 Å². The molecule has 0 aliphatic heterocycles. The van der Waals surface area contributed by atoms with E-state index in [9.17, 15) is 4.79 Å². The number of thiophene rings is 1. The van der Waals surface area contributed by atoms with Crippen LogP contribution in [0, 0.1) is 0 Å². The summed E-state index contributed by atoms with van der Waals surface area (Å²) in [5.74, 6) is -0.184. The minimum atomic E-state index is -0.184. The van der Waals surface area contributed by atoms with Gasteiger partial charge < -0.3 is 10.4 Å². The molecule has 0 aromatic carbocycles. The Morgan fingerprint density at radius 1 is 1.67 bits per heavy atom. The number of nitrogens with zero attached hydrogens (tertiary/aromatic N) is 4. The van der Waals surface area contributed by atoms with Crippen LogP contribution < -0.4 is 5.32 Å². The van der Waals surface area contributed by atoms with E-state index in [0.717, 1.165) is 0 Å². The number of aliphatic hydroxyl groups is 1. The highest BCUT2D eigenvalue weighted by Crippen LogP contribution is 2.19. The van der Waals surface area contributed by atoms with E-state index in [1.54, 1.807) is 6.07 Å². The Morgan fingerprint density at radius 2 is 2.50 bits per heavy atom. The van der Waals surface area contributed by atoms with Crippen LogP contribution in [0.15, 0.2) is 17.8 Å². The third-order valence-corrected chi connectivity index (χ3v) is 3.29. The molecule has 0 aliphatic rings. The molecular weight excluding hydrogens is 254 g/mol. The zero-order valence-electron chi connectivity index (χ0n) is 9.78. The van der Waals surface area contributed by atoms with Gasteiger partial charge in [0.05, 0.1) is 5.69 Å². The lowest BCUT2D eigenvalue weighted by molar-refractivity contribution is 0.0938. The Morgan fingerprint density at radius 3 is 3.17 bits per heavy atom. The largest absolute Gasteiger partial charge is 0.396 e. The molecule has 2 N–H and O–H groups in total. The average Bonchev–Trinajstić information content (AvgIpc) is 3.00. The molecule has 1 unspecified atom stereocenters. The number of tetrazole rings is 1. The van der Waals surface area contributed by atoms with E-state index in [0.29, 0.717) is 17.0 Å². The lowest BCUT2D eigenvalue weighted by atomic mass is 10.2. The van der Waals surface area contributed by atoms with E-state index >= 15 is 0 Å². The summed E-state index contributed by atoms with van der Waals surface area (Å²) in [5.41, 5.74) is 0.652. The normalized spacial score (nSPS) is 12.3. The van der Waals surface area contributed by atoms with Gasteiger partial charge in [-0.25, -0.2) is 0 Å². The summed E-state index contributed by atoms with van der Waals surface area (Å²) in [6, 6.07) is 1.71. The highest BCUT2D eigenvalue weighted by molar-refractivity contribution is 7.12. The molecule has 0 saturated carbocycles. The van der Waals surface area contributed by atoms with Crippen LogP contribution in [0.25, 0.3) is 5.69 Å². The number of nitrogens with one attached hydrogen (secondary N) is 1. The molecule has 7 nitrogen and oxygen atoms in total. The van der Waals surface area contributed by atoms with Crippen molar-refractivity contribution in [2.24, 2.45) is 0 Å². The molecule has 2 rings (SSSR count). The molecule has 1 atom stereocenters. The van der Waals surface area contributed by atoms with E-state index in [1.807, 2.05) is 12.3 Å². The molecule has 2 aromatic rings. The second-order valence-corrected chi connectivity index (χ2v) is 4.69. The summed E-state index contributed by atoms with van der Waals surface area (Å²) in [7, 11) is 0. The Balaban J connectivity index is 2.14. The molecule has 0 bridgehead atoms. The molecular formula is C10H13N5O2S. The van der Waals surface area contributed by atoms with Crippen molar-refractivity contribution in [3.05, 3.63) is 22.7 Å². The predicted molar refractivity (Wildman–Crippen MR) is 65.7 cm³/mol. The number of hydrogen-bond donors (Lipinski definition) is 2. The SMILES string of the molecule is CC(CCO)NC(=O)c1sccc1-n1cnnn1. The third-order valence-electron chi connectivity index (χ3n) is 2.39. The van der Waals surface area contributed by atoms with Gasteiger partial charge >= 0.3 is 0 Å². The number of amides is 1. The maximum absolute atomic E-state index is 12.0. The summed E-state index contributed by atoms with van der Waals surface area (Å²) in [5, 5.41) is 24.3. The van der Waals surface area contributed by atoms with Gasteiger partial charge in [-0.3, -0.25) is 4.79 Å². The van der Waals surface area contributed by atoms with E-state index in [1.165, 1.54) is 22.3 Å². The average molecular weight is 267 g/mol. The summed E-state index contributed by atoms with van der Waals surface area (Å²) >= 11 is 1.33. The van der Waals surface area contributed by atoms with Crippen molar-refractivity contribution in [2.75, 3.05) is 6.61 Å². The molecule has 0 saturated heterocycles. The number of carbonyl (C=O) groups excluding carboxylic acids is 1. The summed E-state index contributed by atoms with van der Waals surface area (Å²) < 4.78 is 1.45. The van der Waals surface area contributed by atoms with Gasteiger partial charge in [-0.1, -0.05) is 0 Å². The number of carbonyl (C=O) groups is 1. The van der Waals surface area contributed by atoms with Crippen molar-refractivity contribution < 1.29 is 9.90 Å². The van der Waals surface area contributed by atoms with Crippen LogP contribution in [-0.4, -0.2) is 43.9 Å². The van der Waals surface area contributed by atoms with Gasteiger partial charge in [-0.05, 0) is 35.2 Å². The van der Waals surface area contributed by atoms with Crippen LogP contribution in [0.1, 0.15) is 23.0 Å². The molecule has 8 heteroatoms. The Hall–Kier alpha value is -1.80. The predicted octanol–water partition coefficient (Wildman–Crippen LogP) is 0.225. The fourth-order valence-electron chi connectivity index (χ4n) is 1.48. The number of hydrogen-bond acceptors (Lipinski definition) is 6. The first-order valence-electron chi connectivity index (χ1n) is 5.45. The van der Waals surface area contributed by atoms with Crippen LogP contribution in [0.4, 0.5) is 0 Å². The van der Waals surface area contributed by atoms with E-state index < -0.39 is 0 Å². The lowest BCUT2D eigenvalue weighted by Gasteiger charge is -2.12. The van der Waals surface area contributed by atoms with E-state index in [-0.39, 0.29) is 18.6 Å². The molecule has 0 aliphatic carbocycles. The van der Waals surface area contributed by atoms with Crippen molar-refractivity contribution in [3.8, 4) is 5.69 Å². The van der Waals surface area contributed by atoms with Gasteiger partial charge in [-0.15, -0.1) is 16.4 Å². The quantitative estimate of drug-likeness (QED) is 0.808. The van der Waals surface area contributed by atoms with Crippen LogP contribution in [0.3, 0.4) is 0 Å². The first kappa shape index (κ1) is 12.7. The minimum absolute atomic E-state index is 0.0474. The summed E-state index contributed by atoms with van der Waals surface area (Å²) in [6.07, 6.45) is 1.97. The first-order valence-corrected chi connectivity index (χ1v) is 6.33. The zero-order chi connectivity index (χ0) is 13.0. The molecule has 2 heterocycles. The third kappa shape index (κ3) is 2.71. The fraction of sp³-hybridized carbons (Fsp3) is 0.400. The van der Waals surface area contributed by atoms with Crippen LogP contribution >= 0.6 is 11.3 Å². The van der Waals surface area contributed by atoms with Crippen molar-refractivity contribution >= 4 is 17.2 Å². The van der Waals surface area contributed by atoms with Crippen LogP contribution in [0.5, 0.6) is 0 Å². The Kier molecular flexibility index (Phi) is 4.00. The highest BCUT2D eigenvalue weighted by Gasteiger charge is 2.17. The van der Waals surface area contributed by atoms with Gasteiger partial charge in [0.2, 0.25) is 0 Å². The minimum Gasteiger partial charge on any atom is -0.396 e. The van der Waals surface area contributed by atoms with Gasteiger partial charge in [0.15, 0.2) is 0 Å². The van der Waals surface area contributed by atoms with E-state index in [4.69, 9.17) is 5.11 Å². The molecule has 2 aromatic heterocycles. The standard InChI is InChI=1S/C10H13N5O2S/c1-7(2-4-16)12-10(17)9-8(3-5-18-9)15-6-11-13-14-15/h3,5-7,16H,2,4H2,1H3,(H,12,17). The van der Waals surface area contributed by atoms with Gasteiger partial charge in [0.1, 0.15) is 11.2 Å². The maximum atomic E-state index is 12.0. The molecule has 18 heavy (non-hydrogen) atoms. The summed E-state index contributed by atoms with van der Waals surface area (Å²) in [6.45, 7) is 1.89. The second kappa shape index (κ2) is 5.69.